The van der Waals surface area contributed by atoms with E-state index in [1.807, 2.05) is 0 Å². The van der Waals surface area contributed by atoms with Crippen molar-refractivity contribution >= 4 is 0 Å². The molecule has 27 heavy (non-hydrogen) atoms. The number of rotatable bonds is 4. The van der Waals surface area contributed by atoms with Crippen LogP contribution in [-0.4, -0.2) is 24.2 Å². The highest BCUT2D eigenvalue weighted by Crippen LogP contribution is 2.56. The van der Waals surface area contributed by atoms with E-state index in [9.17, 15) is 61.5 Å². The van der Waals surface area contributed by atoms with Crippen LogP contribution in [0.1, 0.15) is 16.7 Å². The maximum absolute atomic E-state index is 13.6. The second kappa shape index (κ2) is 6.12. The third kappa shape index (κ3) is 3.30. The Labute approximate surface area is 140 Å². The van der Waals surface area contributed by atoms with Gasteiger partial charge in [0.05, 0.1) is 0 Å². The Morgan fingerprint density at radius 1 is 0.519 bits per heavy atom. The van der Waals surface area contributed by atoms with E-state index in [4.69, 9.17) is 0 Å². The lowest BCUT2D eigenvalue weighted by molar-refractivity contribution is -0.361. The maximum Gasteiger partial charge on any atom is 0.460 e. The van der Waals surface area contributed by atoms with Gasteiger partial charge in [0.15, 0.2) is 0 Å². The molecule has 0 fully saturated rings. The standard InChI is InChI=1S/C13H5F14/c1-5-6(8(14,15)10(18,19)12(22,23)24)3-2-4-7(5)9(16,17)11(20,21)13(25,26)27/h2-4H,1H2. The van der Waals surface area contributed by atoms with Gasteiger partial charge >= 0.3 is 36.0 Å². The van der Waals surface area contributed by atoms with Crippen LogP contribution in [0.2, 0.25) is 0 Å². The monoisotopic (exact) mass is 427 g/mol. The van der Waals surface area contributed by atoms with Crippen molar-refractivity contribution < 1.29 is 61.5 Å². The van der Waals surface area contributed by atoms with Gasteiger partial charge in [-0.25, -0.2) is 0 Å². The molecule has 0 amide bonds. The molecule has 0 aliphatic carbocycles. The summed E-state index contributed by atoms with van der Waals surface area (Å²) >= 11 is 0. The topological polar surface area (TPSA) is 0 Å². The third-order valence-electron chi connectivity index (χ3n) is 3.35. The molecule has 0 saturated carbocycles. The summed E-state index contributed by atoms with van der Waals surface area (Å²) in [5, 5.41) is 0. The van der Waals surface area contributed by atoms with Crippen LogP contribution in [0.25, 0.3) is 0 Å². The molecule has 0 unspecified atom stereocenters. The molecule has 1 aromatic rings. The second-order valence-electron chi connectivity index (χ2n) is 5.12. The van der Waals surface area contributed by atoms with Gasteiger partial charge in [-0.15, -0.1) is 0 Å². The summed E-state index contributed by atoms with van der Waals surface area (Å²) in [7, 11) is 0. The molecule has 1 aromatic carbocycles. The van der Waals surface area contributed by atoms with Gasteiger partial charge in [0.25, 0.3) is 0 Å². The summed E-state index contributed by atoms with van der Waals surface area (Å²) in [6.07, 6.45) is -13.8. The molecule has 1 rings (SSSR count). The molecular weight excluding hydrogens is 422 g/mol. The first-order chi connectivity index (χ1) is 11.6. The number of hydrogen-bond acceptors (Lipinski definition) is 0. The molecule has 0 saturated heterocycles. The Morgan fingerprint density at radius 3 is 1.00 bits per heavy atom. The van der Waals surface area contributed by atoms with Crippen molar-refractivity contribution in [1.82, 2.24) is 0 Å². The van der Waals surface area contributed by atoms with Crippen LogP contribution in [0.4, 0.5) is 61.5 Å². The zero-order valence-corrected chi connectivity index (χ0v) is 12.2. The van der Waals surface area contributed by atoms with E-state index in [2.05, 4.69) is 6.92 Å². The average molecular weight is 427 g/mol. The van der Waals surface area contributed by atoms with Crippen molar-refractivity contribution in [2.75, 3.05) is 0 Å². The van der Waals surface area contributed by atoms with Gasteiger partial charge in [0.1, 0.15) is 0 Å². The van der Waals surface area contributed by atoms with Crippen LogP contribution < -0.4 is 0 Å². The van der Waals surface area contributed by atoms with Gasteiger partial charge in [0, 0.05) is 11.1 Å². The highest BCUT2D eigenvalue weighted by atomic mass is 19.4. The number of alkyl halides is 14. The van der Waals surface area contributed by atoms with Crippen molar-refractivity contribution in [3.8, 4) is 0 Å². The molecule has 14 heteroatoms. The molecule has 0 spiro atoms. The largest absolute Gasteiger partial charge is 0.460 e. The fourth-order valence-electron chi connectivity index (χ4n) is 1.87. The molecule has 0 aliphatic heterocycles. The quantitative estimate of drug-likeness (QED) is 0.485. The van der Waals surface area contributed by atoms with Gasteiger partial charge in [-0.3, -0.25) is 0 Å². The van der Waals surface area contributed by atoms with Crippen molar-refractivity contribution in [2.45, 2.75) is 36.0 Å². The van der Waals surface area contributed by atoms with Crippen molar-refractivity contribution in [3.05, 3.63) is 41.8 Å². The van der Waals surface area contributed by atoms with E-state index in [0.29, 0.717) is 0 Å². The first kappa shape index (κ1) is 23.3. The van der Waals surface area contributed by atoms with Crippen molar-refractivity contribution in [3.63, 3.8) is 0 Å². The Kier molecular flexibility index (Phi) is 5.28. The molecule has 0 aromatic heterocycles. The first-order valence-corrected chi connectivity index (χ1v) is 6.24. The van der Waals surface area contributed by atoms with E-state index in [-0.39, 0.29) is 18.2 Å². The van der Waals surface area contributed by atoms with Gasteiger partial charge in [-0.05, 0) is 12.5 Å². The minimum Gasteiger partial charge on any atom is -0.194 e. The molecule has 1 radical (unpaired) electrons. The summed E-state index contributed by atoms with van der Waals surface area (Å²) in [5.74, 6) is -26.3. The van der Waals surface area contributed by atoms with Crippen LogP contribution in [0.5, 0.6) is 0 Å². The van der Waals surface area contributed by atoms with Gasteiger partial charge in [-0.1, -0.05) is 18.2 Å². The lowest BCUT2D eigenvalue weighted by Gasteiger charge is -2.32. The highest BCUT2D eigenvalue weighted by Gasteiger charge is 2.76. The molecule has 155 valence electrons. The van der Waals surface area contributed by atoms with E-state index in [0.717, 1.165) is 0 Å². The van der Waals surface area contributed by atoms with Gasteiger partial charge in [0.2, 0.25) is 0 Å². The molecule has 0 N–H and O–H groups in total. The predicted molar refractivity (Wildman–Crippen MR) is 60.7 cm³/mol. The molecule has 0 heterocycles. The highest BCUT2D eigenvalue weighted by molar-refractivity contribution is 5.44. The van der Waals surface area contributed by atoms with Crippen molar-refractivity contribution in [2.24, 2.45) is 0 Å². The number of benzene rings is 1. The van der Waals surface area contributed by atoms with Crippen LogP contribution in [-0.2, 0) is 11.8 Å². The molecule has 0 bridgehead atoms. The summed E-state index contributed by atoms with van der Waals surface area (Å²) in [5.41, 5.74) is -7.43. The lowest BCUT2D eigenvalue weighted by Crippen LogP contribution is -2.51. The first-order valence-electron chi connectivity index (χ1n) is 6.24. The third-order valence-corrected chi connectivity index (χ3v) is 3.35. The predicted octanol–water partition coefficient (Wildman–Crippen LogP) is 6.45. The van der Waals surface area contributed by atoms with Crippen LogP contribution >= 0.6 is 0 Å². The summed E-state index contributed by atoms with van der Waals surface area (Å²) in [6, 6.07) is -0.680. The van der Waals surface area contributed by atoms with Gasteiger partial charge in [-0.2, -0.15) is 61.5 Å². The Hall–Kier alpha value is -1.76. The van der Waals surface area contributed by atoms with Crippen LogP contribution in [0.3, 0.4) is 0 Å². The maximum atomic E-state index is 13.6. The molecule has 0 atom stereocenters. The lowest BCUT2D eigenvalue weighted by atomic mass is 9.89. The fourth-order valence-corrected chi connectivity index (χ4v) is 1.87. The molecule has 0 nitrogen and oxygen atoms in total. The average Bonchev–Trinajstić information content (AvgIpc) is 2.44. The Balaban J connectivity index is 3.71. The Bertz CT molecular complexity index is 638. The van der Waals surface area contributed by atoms with E-state index in [1.54, 1.807) is 0 Å². The zero-order valence-electron chi connectivity index (χ0n) is 12.2. The van der Waals surface area contributed by atoms with Crippen LogP contribution in [0, 0.1) is 6.92 Å². The molecular formula is C13H5F14. The zero-order chi connectivity index (χ0) is 21.9. The van der Waals surface area contributed by atoms with E-state index in [1.165, 1.54) is 0 Å². The normalized spacial score (nSPS) is 15.2. The second-order valence-corrected chi connectivity index (χ2v) is 5.12. The van der Waals surface area contributed by atoms with Crippen LogP contribution in [0.15, 0.2) is 18.2 Å². The number of halogens is 14. The Morgan fingerprint density at radius 2 is 0.778 bits per heavy atom. The SMILES string of the molecule is [CH2]c1c(C(F)(F)C(F)(F)C(F)(F)F)cccc1C(F)(F)C(F)(F)C(F)(F)F. The fraction of sp³-hybridized carbons (Fsp3) is 0.462. The molecule has 0 aliphatic rings. The number of hydrogen-bond donors (Lipinski definition) is 0. The van der Waals surface area contributed by atoms with E-state index >= 15 is 0 Å². The minimum atomic E-state index is -6.91. The minimum absolute atomic E-state index is 0.111. The van der Waals surface area contributed by atoms with Crippen molar-refractivity contribution in [1.29, 1.82) is 0 Å². The van der Waals surface area contributed by atoms with Gasteiger partial charge < -0.3 is 0 Å². The summed E-state index contributed by atoms with van der Waals surface area (Å²) in [6.45, 7) is 2.28. The summed E-state index contributed by atoms with van der Waals surface area (Å²) < 4.78 is 179. The van der Waals surface area contributed by atoms with E-state index < -0.39 is 52.7 Å². The smallest absolute Gasteiger partial charge is 0.194 e. The summed E-state index contributed by atoms with van der Waals surface area (Å²) in [4.78, 5) is 0.